The first-order valence-electron chi connectivity index (χ1n) is 5.69. The molecule has 0 spiro atoms. The van der Waals surface area contributed by atoms with Crippen LogP contribution in [0.1, 0.15) is 20.8 Å². The molecular formula is C12H18FN3O2. The predicted octanol–water partition coefficient (Wildman–Crippen LogP) is 2.16. The van der Waals surface area contributed by atoms with E-state index in [1.165, 1.54) is 12.3 Å². The quantitative estimate of drug-likeness (QED) is 0.639. The molecule has 1 amide bonds. The number of pyridine rings is 1. The standard InChI is InChI=1S/C12H18FN3O2/c1-12(2,3)18-11(17)15-7-6-14-9-4-5-10(13)16-8-9/h4-5,8,14H,6-7H2,1-3H3,(H,15,17). The fourth-order valence-corrected chi connectivity index (χ4v) is 1.17. The second-order valence-corrected chi connectivity index (χ2v) is 4.73. The van der Waals surface area contributed by atoms with Gasteiger partial charge in [-0.25, -0.2) is 9.78 Å². The summed E-state index contributed by atoms with van der Waals surface area (Å²) in [6, 6.07) is 2.85. The highest BCUT2D eigenvalue weighted by Crippen LogP contribution is 2.06. The largest absolute Gasteiger partial charge is 0.444 e. The summed E-state index contributed by atoms with van der Waals surface area (Å²) in [5, 5.41) is 5.59. The van der Waals surface area contributed by atoms with Crippen LogP contribution in [0.2, 0.25) is 0 Å². The van der Waals surface area contributed by atoms with Gasteiger partial charge in [-0.2, -0.15) is 4.39 Å². The summed E-state index contributed by atoms with van der Waals surface area (Å²) in [4.78, 5) is 14.8. The van der Waals surface area contributed by atoms with Crippen molar-refractivity contribution in [3.05, 3.63) is 24.3 Å². The van der Waals surface area contributed by atoms with Crippen molar-refractivity contribution in [2.24, 2.45) is 0 Å². The molecule has 0 fully saturated rings. The number of anilines is 1. The van der Waals surface area contributed by atoms with Gasteiger partial charge in [-0.05, 0) is 32.9 Å². The molecule has 1 aromatic heterocycles. The van der Waals surface area contributed by atoms with Crippen molar-refractivity contribution in [1.82, 2.24) is 10.3 Å². The van der Waals surface area contributed by atoms with E-state index in [4.69, 9.17) is 4.74 Å². The summed E-state index contributed by atoms with van der Waals surface area (Å²) in [5.41, 5.74) is 0.195. The Morgan fingerprint density at radius 3 is 2.67 bits per heavy atom. The van der Waals surface area contributed by atoms with Gasteiger partial charge < -0.3 is 15.4 Å². The summed E-state index contributed by atoms with van der Waals surface area (Å²) in [6.07, 6.45) is 0.935. The van der Waals surface area contributed by atoms with E-state index in [-0.39, 0.29) is 0 Å². The Morgan fingerprint density at radius 1 is 1.39 bits per heavy atom. The lowest BCUT2D eigenvalue weighted by atomic mass is 10.2. The van der Waals surface area contributed by atoms with Crippen molar-refractivity contribution in [3.63, 3.8) is 0 Å². The topological polar surface area (TPSA) is 63.2 Å². The molecule has 0 aliphatic carbocycles. The highest BCUT2D eigenvalue weighted by Gasteiger charge is 2.15. The van der Waals surface area contributed by atoms with Crippen LogP contribution in [0.3, 0.4) is 0 Å². The van der Waals surface area contributed by atoms with Gasteiger partial charge in [0.05, 0.1) is 11.9 Å². The van der Waals surface area contributed by atoms with Crippen LogP contribution in [0, 0.1) is 5.95 Å². The third kappa shape index (κ3) is 6.03. The molecule has 2 N–H and O–H groups in total. The van der Waals surface area contributed by atoms with Crippen LogP contribution in [0.25, 0.3) is 0 Å². The lowest BCUT2D eigenvalue weighted by Crippen LogP contribution is -2.35. The molecular weight excluding hydrogens is 237 g/mol. The SMILES string of the molecule is CC(C)(C)OC(=O)NCCNc1ccc(F)nc1. The number of carbonyl (C=O) groups is 1. The Labute approximate surface area is 106 Å². The maximum Gasteiger partial charge on any atom is 0.407 e. The third-order valence-corrected chi connectivity index (χ3v) is 1.85. The number of alkyl carbamates (subject to hydrolysis) is 1. The van der Waals surface area contributed by atoms with Crippen molar-refractivity contribution in [2.75, 3.05) is 18.4 Å². The molecule has 0 aliphatic heterocycles. The van der Waals surface area contributed by atoms with Crippen LogP contribution in [0.15, 0.2) is 18.3 Å². The fourth-order valence-electron chi connectivity index (χ4n) is 1.17. The van der Waals surface area contributed by atoms with Crippen LogP contribution >= 0.6 is 0 Å². The Morgan fingerprint density at radius 2 is 2.11 bits per heavy atom. The number of rotatable bonds is 4. The second-order valence-electron chi connectivity index (χ2n) is 4.73. The number of aromatic nitrogens is 1. The van der Waals surface area contributed by atoms with E-state index < -0.39 is 17.6 Å². The van der Waals surface area contributed by atoms with Gasteiger partial charge in [-0.3, -0.25) is 0 Å². The Bertz CT molecular complexity index is 387. The zero-order valence-electron chi connectivity index (χ0n) is 10.8. The monoisotopic (exact) mass is 255 g/mol. The molecule has 5 nitrogen and oxygen atoms in total. The average Bonchev–Trinajstić information content (AvgIpc) is 2.24. The summed E-state index contributed by atoms with van der Waals surface area (Å²) >= 11 is 0. The number of amides is 1. The first kappa shape index (κ1) is 14.2. The number of ether oxygens (including phenoxy) is 1. The molecule has 1 rings (SSSR count). The van der Waals surface area contributed by atoms with Crippen molar-refractivity contribution < 1.29 is 13.9 Å². The lowest BCUT2D eigenvalue weighted by Gasteiger charge is -2.19. The molecule has 0 unspecified atom stereocenters. The van der Waals surface area contributed by atoms with E-state index >= 15 is 0 Å². The van der Waals surface area contributed by atoms with Crippen molar-refractivity contribution in [1.29, 1.82) is 0 Å². The minimum atomic E-state index is -0.521. The highest BCUT2D eigenvalue weighted by molar-refractivity contribution is 5.67. The lowest BCUT2D eigenvalue weighted by molar-refractivity contribution is 0.0530. The van der Waals surface area contributed by atoms with Crippen LogP contribution < -0.4 is 10.6 Å². The molecule has 0 saturated heterocycles. The molecule has 0 atom stereocenters. The van der Waals surface area contributed by atoms with Crippen molar-refractivity contribution in [3.8, 4) is 0 Å². The van der Waals surface area contributed by atoms with E-state index in [0.717, 1.165) is 0 Å². The Hall–Kier alpha value is -1.85. The molecule has 18 heavy (non-hydrogen) atoms. The first-order chi connectivity index (χ1) is 8.37. The van der Waals surface area contributed by atoms with Crippen LogP contribution in [-0.2, 0) is 4.74 Å². The van der Waals surface area contributed by atoms with E-state index in [2.05, 4.69) is 15.6 Å². The Kier molecular flexibility index (Phi) is 4.88. The molecule has 0 saturated carbocycles. The van der Waals surface area contributed by atoms with E-state index in [1.807, 2.05) is 0 Å². The third-order valence-electron chi connectivity index (χ3n) is 1.85. The maximum absolute atomic E-state index is 12.5. The average molecular weight is 255 g/mol. The normalized spacial score (nSPS) is 10.9. The van der Waals surface area contributed by atoms with E-state index in [9.17, 15) is 9.18 Å². The summed E-state index contributed by atoms with van der Waals surface area (Å²) < 4.78 is 17.6. The van der Waals surface area contributed by atoms with Crippen molar-refractivity contribution in [2.45, 2.75) is 26.4 Å². The zero-order valence-corrected chi connectivity index (χ0v) is 10.8. The number of nitrogens with one attached hydrogen (secondary N) is 2. The van der Waals surface area contributed by atoms with Gasteiger partial charge in [0.1, 0.15) is 5.60 Å². The molecule has 0 aliphatic rings. The van der Waals surface area contributed by atoms with Gasteiger partial charge in [0, 0.05) is 13.1 Å². The molecule has 6 heteroatoms. The molecule has 0 radical (unpaired) electrons. The number of halogens is 1. The summed E-state index contributed by atoms with van der Waals surface area (Å²) in [5.74, 6) is -0.521. The van der Waals surface area contributed by atoms with Crippen LogP contribution in [-0.4, -0.2) is 29.8 Å². The van der Waals surface area contributed by atoms with Gasteiger partial charge in [-0.15, -0.1) is 0 Å². The van der Waals surface area contributed by atoms with Crippen molar-refractivity contribution >= 4 is 11.8 Å². The molecule has 100 valence electrons. The predicted molar refractivity (Wildman–Crippen MR) is 66.9 cm³/mol. The van der Waals surface area contributed by atoms with Gasteiger partial charge in [0.15, 0.2) is 0 Å². The zero-order chi connectivity index (χ0) is 13.6. The molecule has 0 bridgehead atoms. The Balaban J connectivity index is 2.19. The fraction of sp³-hybridized carbons (Fsp3) is 0.500. The van der Waals surface area contributed by atoms with Gasteiger partial charge >= 0.3 is 6.09 Å². The van der Waals surface area contributed by atoms with Gasteiger partial charge in [0.2, 0.25) is 5.95 Å². The molecule has 1 heterocycles. The number of carbonyl (C=O) groups excluding carboxylic acids is 1. The molecule has 1 aromatic rings. The number of hydrogen-bond acceptors (Lipinski definition) is 4. The van der Waals surface area contributed by atoms with Gasteiger partial charge in [0.25, 0.3) is 0 Å². The second kappa shape index (κ2) is 6.18. The van der Waals surface area contributed by atoms with Gasteiger partial charge in [-0.1, -0.05) is 0 Å². The highest BCUT2D eigenvalue weighted by atomic mass is 19.1. The summed E-state index contributed by atoms with van der Waals surface area (Å²) in [7, 11) is 0. The minimum absolute atomic E-state index is 0.409. The molecule has 0 aromatic carbocycles. The minimum Gasteiger partial charge on any atom is -0.444 e. The number of nitrogens with zero attached hydrogens (tertiary/aromatic N) is 1. The summed E-state index contributed by atoms with van der Waals surface area (Å²) in [6.45, 7) is 6.32. The van der Waals surface area contributed by atoms with Crippen LogP contribution in [0.4, 0.5) is 14.9 Å². The van der Waals surface area contributed by atoms with E-state index in [1.54, 1.807) is 26.8 Å². The van der Waals surface area contributed by atoms with E-state index in [0.29, 0.717) is 18.8 Å². The number of hydrogen-bond donors (Lipinski definition) is 2. The smallest absolute Gasteiger partial charge is 0.407 e. The van der Waals surface area contributed by atoms with Crippen LogP contribution in [0.5, 0.6) is 0 Å². The first-order valence-corrected chi connectivity index (χ1v) is 5.69. The maximum atomic E-state index is 12.5.